The van der Waals surface area contributed by atoms with Crippen molar-refractivity contribution in [3.63, 3.8) is 0 Å². The highest BCUT2D eigenvalue weighted by Crippen LogP contribution is 2.44. The van der Waals surface area contributed by atoms with Gasteiger partial charge in [0.1, 0.15) is 17.1 Å². The van der Waals surface area contributed by atoms with Crippen molar-refractivity contribution in [1.82, 2.24) is 4.90 Å². The normalized spacial score (nSPS) is 25.4. The fraction of sp³-hybridized carbons (Fsp3) is 0.647. The zero-order valence-corrected chi connectivity index (χ0v) is 13.1. The van der Waals surface area contributed by atoms with Gasteiger partial charge in [0, 0.05) is 43.3 Å². The summed E-state index contributed by atoms with van der Waals surface area (Å²) in [6, 6.07) is 6.37. The first-order chi connectivity index (χ1) is 9.96. The van der Waals surface area contributed by atoms with Crippen LogP contribution in [0.2, 0.25) is 0 Å². The van der Waals surface area contributed by atoms with Crippen molar-refractivity contribution in [2.24, 2.45) is 0 Å². The summed E-state index contributed by atoms with van der Waals surface area (Å²) in [6.07, 6.45) is 3.13. The molecule has 0 spiro atoms. The van der Waals surface area contributed by atoms with Crippen LogP contribution in [0.25, 0.3) is 0 Å². The number of benzene rings is 1. The van der Waals surface area contributed by atoms with Crippen molar-refractivity contribution in [3.05, 3.63) is 23.8 Å². The average molecular weight is 291 g/mol. The van der Waals surface area contributed by atoms with Gasteiger partial charge < -0.3 is 14.6 Å². The predicted octanol–water partition coefficient (Wildman–Crippen LogP) is 3.11. The van der Waals surface area contributed by atoms with Gasteiger partial charge in [-0.1, -0.05) is 6.07 Å². The molecule has 0 radical (unpaired) electrons. The molecule has 0 aliphatic carbocycles. The summed E-state index contributed by atoms with van der Waals surface area (Å²) >= 11 is 0. The maximum absolute atomic E-state index is 9.72. The van der Waals surface area contributed by atoms with Gasteiger partial charge in [0.05, 0.1) is 0 Å². The maximum atomic E-state index is 9.72. The van der Waals surface area contributed by atoms with Crippen LogP contribution in [0.5, 0.6) is 11.5 Å². The number of nitrogens with zero attached hydrogens (tertiary/aromatic N) is 1. The molecule has 1 unspecified atom stereocenters. The molecular formula is C17H25NO3. The van der Waals surface area contributed by atoms with E-state index in [1.54, 1.807) is 12.1 Å². The van der Waals surface area contributed by atoms with Crippen LogP contribution in [0, 0.1) is 0 Å². The molecule has 1 aromatic rings. The molecule has 21 heavy (non-hydrogen) atoms. The third kappa shape index (κ3) is 3.01. The zero-order valence-electron chi connectivity index (χ0n) is 13.1. The van der Waals surface area contributed by atoms with Crippen molar-refractivity contribution >= 4 is 0 Å². The molecule has 0 amide bonds. The van der Waals surface area contributed by atoms with E-state index in [0.29, 0.717) is 12.1 Å². The van der Waals surface area contributed by atoms with Crippen LogP contribution in [0.4, 0.5) is 0 Å². The van der Waals surface area contributed by atoms with E-state index in [1.807, 2.05) is 6.07 Å². The molecule has 1 fully saturated rings. The highest BCUT2D eigenvalue weighted by molar-refractivity contribution is 5.44. The minimum absolute atomic E-state index is 0.217. The Labute approximate surface area is 126 Å². The second-order valence-corrected chi connectivity index (χ2v) is 6.81. The second-order valence-electron chi connectivity index (χ2n) is 6.81. The molecule has 1 saturated heterocycles. The Hall–Kier alpha value is -1.26. The van der Waals surface area contributed by atoms with E-state index in [1.165, 1.54) is 5.56 Å². The van der Waals surface area contributed by atoms with Crippen LogP contribution in [0.1, 0.15) is 44.7 Å². The molecule has 4 nitrogen and oxygen atoms in total. The van der Waals surface area contributed by atoms with Gasteiger partial charge in [0.2, 0.25) is 0 Å². The topological polar surface area (TPSA) is 41.9 Å². The van der Waals surface area contributed by atoms with Crippen LogP contribution >= 0.6 is 0 Å². The molecule has 2 aliphatic heterocycles. The molecule has 2 heterocycles. The summed E-state index contributed by atoms with van der Waals surface area (Å²) in [7, 11) is 2.21. The molecule has 1 atom stereocenters. The summed E-state index contributed by atoms with van der Waals surface area (Å²) in [4.78, 5) is 2.47. The summed E-state index contributed by atoms with van der Waals surface area (Å²) in [5, 5.41) is 9.72. The Morgan fingerprint density at radius 3 is 2.67 bits per heavy atom. The van der Waals surface area contributed by atoms with Gasteiger partial charge >= 0.3 is 0 Å². The van der Waals surface area contributed by atoms with E-state index in [4.69, 9.17) is 9.47 Å². The minimum atomic E-state index is -0.217. The summed E-state index contributed by atoms with van der Waals surface area (Å²) < 4.78 is 11.5. The van der Waals surface area contributed by atoms with E-state index >= 15 is 0 Å². The van der Waals surface area contributed by atoms with Crippen LogP contribution in [-0.2, 0) is 4.74 Å². The standard InChI is InChI=1S/C17H25NO3/c1-17(2)11-15(18(3)12-6-8-20-9-7-12)14-5-4-13(19)10-16(14)21-17/h4-5,10,12,15,19H,6-9,11H2,1-3H3. The van der Waals surface area contributed by atoms with E-state index < -0.39 is 0 Å². The molecule has 0 bridgehead atoms. The van der Waals surface area contributed by atoms with Crippen molar-refractivity contribution < 1.29 is 14.6 Å². The van der Waals surface area contributed by atoms with Crippen molar-refractivity contribution in [2.75, 3.05) is 20.3 Å². The smallest absolute Gasteiger partial charge is 0.128 e. The number of ether oxygens (including phenoxy) is 2. The molecule has 116 valence electrons. The van der Waals surface area contributed by atoms with E-state index in [9.17, 15) is 5.11 Å². The summed E-state index contributed by atoms with van der Waals surface area (Å²) in [5.41, 5.74) is 0.964. The lowest BCUT2D eigenvalue weighted by Crippen LogP contribution is -2.45. The van der Waals surface area contributed by atoms with Crippen molar-refractivity contribution in [1.29, 1.82) is 0 Å². The van der Waals surface area contributed by atoms with E-state index in [-0.39, 0.29) is 11.4 Å². The van der Waals surface area contributed by atoms with Gasteiger partial charge in [-0.25, -0.2) is 0 Å². The van der Waals surface area contributed by atoms with E-state index in [0.717, 1.165) is 38.2 Å². The SMILES string of the molecule is CN(C1CCOCC1)C1CC(C)(C)Oc2cc(O)ccc21. The predicted molar refractivity (Wildman–Crippen MR) is 81.8 cm³/mol. The summed E-state index contributed by atoms with van der Waals surface area (Å²) in [5.74, 6) is 1.08. The molecule has 0 aromatic heterocycles. The number of phenolic OH excluding ortho intramolecular Hbond substituents is 1. The highest BCUT2D eigenvalue weighted by Gasteiger charge is 2.38. The van der Waals surface area contributed by atoms with Gasteiger partial charge in [0.15, 0.2) is 0 Å². The van der Waals surface area contributed by atoms with Gasteiger partial charge in [-0.2, -0.15) is 0 Å². The average Bonchev–Trinajstić information content (AvgIpc) is 2.45. The van der Waals surface area contributed by atoms with Crippen LogP contribution in [0.15, 0.2) is 18.2 Å². The lowest BCUT2D eigenvalue weighted by molar-refractivity contribution is -0.00739. The third-order valence-corrected chi connectivity index (χ3v) is 4.69. The number of phenols is 1. The number of fused-ring (bicyclic) bond motifs is 1. The molecule has 1 aromatic carbocycles. The molecule has 4 heteroatoms. The number of rotatable bonds is 2. The Balaban J connectivity index is 1.90. The first-order valence-electron chi connectivity index (χ1n) is 7.78. The maximum Gasteiger partial charge on any atom is 0.128 e. The van der Waals surface area contributed by atoms with E-state index in [2.05, 4.69) is 25.8 Å². The van der Waals surface area contributed by atoms with Gasteiger partial charge in [-0.3, -0.25) is 4.90 Å². The van der Waals surface area contributed by atoms with Crippen LogP contribution in [0.3, 0.4) is 0 Å². The lowest BCUT2D eigenvalue weighted by atomic mass is 9.87. The van der Waals surface area contributed by atoms with Crippen molar-refractivity contribution in [3.8, 4) is 11.5 Å². The van der Waals surface area contributed by atoms with Gasteiger partial charge in [-0.15, -0.1) is 0 Å². The Kier molecular flexibility index (Phi) is 3.84. The zero-order chi connectivity index (χ0) is 15.0. The number of hydrogen-bond donors (Lipinski definition) is 1. The van der Waals surface area contributed by atoms with Gasteiger partial charge in [0.25, 0.3) is 0 Å². The van der Waals surface area contributed by atoms with Crippen LogP contribution < -0.4 is 4.74 Å². The largest absolute Gasteiger partial charge is 0.508 e. The Morgan fingerprint density at radius 1 is 1.24 bits per heavy atom. The quantitative estimate of drug-likeness (QED) is 0.909. The van der Waals surface area contributed by atoms with Crippen molar-refractivity contribution in [2.45, 2.75) is 50.8 Å². The number of aromatic hydroxyl groups is 1. The number of hydrogen-bond acceptors (Lipinski definition) is 4. The molecule has 1 N–H and O–H groups in total. The summed E-state index contributed by atoms with van der Waals surface area (Å²) in [6.45, 7) is 5.93. The molecular weight excluding hydrogens is 266 g/mol. The highest BCUT2D eigenvalue weighted by atomic mass is 16.5. The molecule has 3 rings (SSSR count). The lowest BCUT2D eigenvalue weighted by Gasteiger charge is -2.44. The third-order valence-electron chi connectivity index (χ3n) is 4.69. The molecule has 2 aliphatic rings. The monoisotopic (exact) mass is 291 g/mol. The Bertz CT molecular complexity index is 509. The fourth-order valence-corrected chi connectivity index (χ4v) is 3.51. The second kappa shape index (κ2) is 5.50. The van der Waals surface area contributed by atoms with Gasteiger partial charge in [-0.05, 0) is 39.8 Å². The minimum Gasteiger partial charge on any atom is -0.508 e. The van der Waals surface area contributed by atoms with Crippen LogP contribution in [-0.4, -0.2) is 41.9 Å². The Morgan fingerprint density at radius 2 is 1.95 bits per heavy atom. The first kappa shape index (κ1) is 14.7. The first-order valence-corrected chi connectivity index (χ1v) is 7.78. The fourth-order valence-electron chi connectivity index (χ4n) is 3.51. The molecule has 0 saturated carbocycles.